The van der Waals surface area contributed by atoms with E-state index >= 15 is 0 Å². The highest BCUT2D eigenvalue weighted by atomic mass is 15.1. The molecule has 0 atom stereocenters. The van der Waals surface area contributed by atoms with E-state index in [2.05, 4.69) is 49.2 Å². The van der Waals surface area contributed by atoms with E-state index in [-0.39, 0.29) is 0 Å². The number of nitrogens with two attached hydrogens (primary N) is 1. The number of nitrogen functional groups attached to an aromatic ring is 1. The molecule has 2 aromatic carbocycles. The summed E-state index contributed by atoms with van der Waals surface area (Å²) in [6.07, 6.45) is 1.08. The molecule has 0 amide bonds. The van der Waals surface area contributed by atoms with Gasteiger partial charge in [0.2, 0.25) is 0 Å². The van der Waals surface area contributed by atoms with Crippen LogP contribution in [0.3, 0.4) is 0 Å². The second kappa shape index (κ2) is 5.58. The third-order valence-electron chi connectivity index (χ3n) is 3.25. The Morgan fingerprint density at radius 3 is 2.28 bits per heavy atom. The van der Waals surface area contributed by atoms with Crippen LogP contribution in [0, 0.1) is 0 Å². The van der Waals surface area contributed by atoms with Gasteiger partial charge in [0.15, 0.2) is 0 Å². The van der Waals surface area contributed by atoms with Crippen LogP contribution in [0.2, 0.25) is 0 Å². The minimum atomic E-state index is 0.831. The molecular formula is C16H20N2. The molecule has 2 N–H and O–H groups in total. The summed E-state index contributed by atoms with van der Waals surface area (Å²) in [6, 6.07) is 16.7. The molecule has 0 heterocycles. The van der Waals surface area contributed by atoms with Crippen LogP contribution in [0.15, 0.2) is 48.5 Å². The normalized spacial score (nSPS) is 10.3. The van der Waals surface area contributed by atoms with Gasteiger partial charge in [0, 0.05) is 25.0 Å². The van der Waals surface area contributed by atoms with Gasteiger partial charge in [0.25, 0.3) is 0 Å². The van der Waals surface area contributed by atoms with E-state index in [1.165, 1.54) is 16.8 Å². The lowest BCUT2D eigenvalue weighted by Crippen LogP contribution is -2.17. The lowest BCUT2D eigenvalue weighted by atomic mass is 10.1. The predicted octanol–water partition coefficient (Wildman–Crippen LogP) is 3.47. The van der Waals surface area contributed by atoms with E-state index in [9.17, 15) is 0 Å². The Bertz CT molecular complexity index is 503. The van der Waals surface area contributed by atoms with Crippen LogP contribution < -0.4 is 10.6 Å². The number of benzene rings is 2. The second-order valence-electron chi connectivity index (χ2n) is 4.57. The average Bonchev–Trinajstić information content (AvgIpc) is 2.41. The van der Waals surface area contributed by atoms with Crippen molar-refractivity contribution in [1.82, 2.24) is 0 Å². The summed E-state index contributed by atoms with van der Waals surface area (Å²) in [6.45, 7) is 3.00. The number of rotatable bonds is 4. The second-order valence-corrected chi connectivity index (χ2v) is 4.57. The van der Waals surface area contributed by atoms with Crippen molar-refractivity contribution in [2.75, 3.05) is 17.7 Å². The first-order valence-electron chi connectivity index (χ1n) is 6.34. The highest BCUT2D eigenvalue weighted by molar-refractivity contribution is 5.52. The van der Waals surface area contributed by atoms with Crippen molar-refractivity contribution in [2.24, 2.45) is 0 Å². The topological polar surface area (TPSA) is 29.3 Å². The van der Waals surface area contributed by atoms with Gasteiger partial charge in [-0.25, -0.2) is 0 Å². The SMILES string of the molecule is CCc1ccc(N(C)Cc2ccccc2N)cc1. The zero-order valence-corrected chi connectivity index (χ0v) is 11.1. The molecule has 0 radical (unpaired) electrons. The van der Waals surface area contributed by atoms with Crippen molar-refractivity contribution < 1.29 is 0 Å². The van der Waals surface area contributed by atoms with Crippen LogP contribution in [0.25, 0.3) is 0 Å². The number of hydrogen-bond acceptors (Lipinski definition) is 2. The maximum Gasteiger partial charge on any atom is 0.0446 e. The molecule has 0 saturated heterocycles. The fourth-order valence-corrected chi connectivity index (χ4v) is 2.01. The summed E-state index contributed by atoms with van der Waals surface area (Å²) in [5.41, 5.74) is 10.6. The van der Waals surface area contributed by atoms with Gasteiger partial charge in [-0.1, -0.05) is 37.3 Å². The van der Waals surface area contributed by atoms with Gasteiger partial charge in [-0.05, 0) is 35.7 Å². The monoisotopic (exact) mass is 240 g/mol. The van der Waals surface area contributed by atoms with E-state index in [1.54, 1.807) is 0 Å². The summed E-state index contributed by atoms with van der Waals surface area (Å²) < 4.78 is 0. The maximum atomic E-state index is 5.97. The van der Waals surface area contributed by atoms with E-state index in [4.69, 9.17) is 5.73 Å². The van der Waals surface area contributed by atoms with Crippen LogP contribution >= 0.6 is 0 Å². The number of para-hydroxylation sites is 1. The van der Waals surface area contributed by atoms with Crippen LogP contribution in [-0.4, -0.2) is 7.05 Å². The van der Waals surface area contributed by atoms with Gasteiger partial charge in [-0.15, -0.1) is 0 Å². The van der Waals surface area contributed by atoms with Crippen molar-refractivity contribution in [3.63, 3.8) is 0 Å². The first-order valence-corrected chi connectivity index (χ1v) is 6.34. The summed E-state index contributed by atoms with van der Waals surface area (Å²) in [5.74, 6) is 0. The molecule has 0 spiro atoms. The minimum Gasteiger partial charge on any atom is -0.398 e. The van der Waals surface area contributed by atoms with Crippen molar-refractivity contribution in [1.29, 1.82) is 0 Å². The molecule has 94 valence electrons. The van der Waals surface area contributed by atoms with Gasteiger partial charge in [-0.2, -0.15) is 0 Å². The molecule has 2 rings (SSSR count). The third-order valence-corrected chi connectivity index (χ3v) is 3.25. The van der Waals surface area contributed by atoms with Gasteiger partial charge >= 0.3 is 0 Å². The molecule has 0 fully saturated rings. The summed E-state index contributed by atoms with van der Waals surface area (Å²) >= 11 is 0. The van der Waals surface area contributed by atoms with E-state index < -0.39 is 0 Å². The van der Waals surface area contributed by atoms with Gasteiger partial charge in [-0.3, -0.25) is 0 Å². The van der Waals surface area contributed by atoms with Crippen LogP contribution in [-0.2, 0) is 13.0 Å². The molecule has 0 bridgehead atoms. The molecule has 2 aromatic rings. The first kappa shape index (κ1) is 12.5. The number of hydrogen-bond donors (Lipinski definition) is 1. The molecule has 0 aliphatic rings. The highest BCUT2D eigenvalue weighted by Crippen LogP contribution is 2.19. The van der Waals surface area contributed by atoms with Crippen LogP contribution in [0.4, 0.5) is 11.4 Å². The fourth-order valence-electron chi connectivity index (χ4n) is 2.01. The predicted molar refractivity (Wildman–Crippen MR) is 78.8 cm³/mol. The van der Waals surface area contributed by atoms with Gasteiger partial charge in [0.05, 0.1) is 0 Å². The minimum absolute atomic E-state index is 0.831. The molecule has 0 aliphatic heterocycles. The summed E-state index contributed by atoms with van der Waals surface area (Å²) in [7, 11) is 2.09. The first-order chi connectivity index (χ1) is 8.70. The molecule has 0 saturated carbocycles. The van der Waals surface area contributed by atoms with E-state index in [0.717, 1.165) is 18.7 Å². The Labute approximate surface area is 109 Å². The lowest BCUT2D eigenvalue weighted by Gasteiger charge is -2.20. The van der Waals surface area contributed by atoms with Crippen molar-refractivity contribution in [3.05, 3.63) is 59.7 Å². The summed E-state index contributed by atoms with van der Waals surface area (Å²) in [5, 5.41) is 0. The zero-order valence-electron chi connectivity index (χ0n) is 11.1. The standard InChI is InChI=1S/C16H20N2/c1-3-13-8-10-15(11-9-13)18(2)12-14-6-4-5-7-16(14)17/h4-11H,3,12,17H2,1-2H3. The molecule has 0 aliphatic carbocycles. The molecule has 18 heavy (non-hydrogen) atoms. The molecule has 0 unspecified atom stereocenters. The molecule has 2 heteroatoms. The Morgan fingerprint density at radius 1 is 1.00 bits per heavy atom. The Morgan fingerprint density at radius 2 is 1.67 bits per heavy atom. The van der Waals surface area contributed by atoms with Crippen molar-refractivity contribution in [2.45, 2.75) is 19.9 Å². The number of nitrogens with zero attached hydrogens (tertiary/aromatic N) is 1. The fraction of sp³-hybridized carbons (Fsp3) is 0.250. The highest BCUT2D eigenvalue weighted by Gasteiger charge is 2.04. The van der Waals surface area contributed by atoms with Gasteiger partial charge < -0.3 is 10.6 Å². The summed E-state index contributed by atoms with van der Waals surface area (Å²) in [4.78, 5) is 2.21. The quantitative estimate of drug-likeness (QED) is 0.829. The maximum absolute atomic E-state index is 5.97. The molecular weight excluding hydrogens is 220 g/mol. The van der Waals surface area contributed by atoms with E-state index in [1.807, 2.05) is 18.2 Å². The Balaban J connectivity index is 2.11. The largest absolute Gasteiger partial charge is 0.398 e. The van der Waals surface area contributed by atoms with Crippen molar-refractivity contribution >= 4 is 11.4 Å². The zero-order chi connectivity index (χ0) is 13.0. The number of anilines is 2. The Kier molecular flexibility index (Phi) is 3.88. The smallest absolute Gasteiger partial charge is 0.0446 e. The molecule has 2 nitrogen and oxygen atoms in total. The lowest BCUT2D eigenvalue weighted by molar-refractivity contribution is 0.924. The Hall–Kier alpha value is -1.96. The third kappa shape index (κ3) is 2.83. The molecule has 0 aromatic heterocycles. The van der Waals surface area contributed by atoms with Crippen molar-refractivity contribution in [3.8, 4) is 0 Å². The number of aryl methyl sites for hydroxylation is 1. The van der Waals surface area contributed by atoms with E-state index in [0.29, 0.717) is 0 Å². The van der Waals surface area contributed by atoms with Crippen LogP contribution in [0.5, 0.6) is 0 Å². The van der Waals surface area contributed by atoms with Crippen LogP contribution in [0.1, 0.15) is 18.1 Å². The van der Waals surface area contributed by atoms with Gasteiger partial charge in [0.1, 0.15) is 0 Å². The average molecular weight is 240 g/mol.